The molecule has 3 atom stereocenters. The summed E-state index contributed by atoms with van der Waals surface area (Å²) in [5.74, 6) is -1.40. The van der Waals surface area contributed by atoms with E-state index in [2.05, 4.69) is 5.32 Å². The molecule has 1 heterocycles. The summed E-state index contributed by atoms with van der Waals surface area (Å²) in [5, 5.41) is 3.66. The van der Waals surface area contributed by atoms with Gasteiger partial charge in [0.25, 0.3) is 0 Å². The number of alkyl halides is 3. The topological polar surface area (TPSA) is 66.5 Å². The smallest absolute Gasteiger partial charge is 0.332 e. The first-order chi connectivity index (χ1) is 12.0. The summed E-state index contributed by atoms with van der Waals surface area (Å²) in [4.78, 5) is 14.0. The molecule has 1 N–H and O–H groups in total. The molecule has 0 saturated carbocycles. The van der Waals surface area contributed by atoms with Gasteiger partial charge < -0.3 is 10.2 Å². The van der Waals surface area contributed by atoms with Crippen LogP contribution in [0.25, 0.3) is 0 Å². The fourth-order valence-corrected chi connectivity index (χ4v) is 3.96. The van der Waals surface area contributed by atoms with Crippen LogP contribution in [0.5, 0.6) is 0 Å². The normalized spacial score (nSPS) is 26.0. The Morgan fingerprint density at radius 1 is 1.42 bits per heavy atom. The molecule has 1 fully saturated rings. The number of halogens is 3. The molecule has 26 heavy (non-hydrogen) atoms. The summed E-state index contributed by atoms with van der Waals surface area (Å²) >= 11 is 0. The average molecular weight is 394 g/mol. The van der Waals surface area contributed by atoms with Crippen molar-refractivity contribution in [3.63, 3.8) is 0 Å². The third-order valence-corrected chi connectivity index (χ3v) is 5.45. The van der Waals surface area contributed by atoms with Crippen LogP contribution in [0, 0.1) is 5.92 Å². The van der Waals surface area contributed by atoms with E-state index in [4.69, 9.17) is 0 Å². The van der Waals surface area contributed by atoms with Gasteiger partial charge in [-0.15, -0.1) is 0 Å². The van der Waals surface area contributed by atoms with Crippen molar-refractivity contribution in [3.8, 4) is 0 Å². The Hall–Kier alpha value is -1.51. The summed E-state index contributed by atoms with van der Waals surface area (Å²) in [5.41, 5.74) is 0.897. The van der Waals surface area contributed by atoms with Gasteiger partial charge in [-0.2, -0.15) is 13.2 Å². The van der Waals surface area contributed by atoms with E-state index in [1.165, 1.54) is 11.0 Å². The minimum atomic E-state index is -4.26. The van der Waals surface area contributed by atoms with Crippen LogP contribution in [0.3, 0.4) is 0 Å². The third kappa shape index (κ3) is 5.75. The number of allylic oxidation sites excluding steroid dienone is 1. The Kier molecular flexibility index (Phi) is 6.42. The minimum Gasteiger partial charge on any atom is -0.332 e. The number of nitrogens with one attached hydrogen (secondary N) is 1. The molecule has 2 aliphatic rings. The van der Waals surface area contributed by atoms with Crippen LogP contribution in [-0.4, -0.2) is 50.4 Å². The fraction of sp³-hybridized carbons (Fsp3) is 0.706. The van der Waals surface area contributed by atoms with Gasteiger partial charge in [-0.25, -0.2) is 13.2 Å². The molecule has 0 aromatic carbocycles. The summed E-state index contributed by atoms with van der Waals surface area (Å²) in [7, 11) is -3.31. The predicted octanol–water partition coefficient (Wildman–Crippen LogP) is 3.40. The maximum atomic E-state index is 13.1. The molecule has 1 aliphatic carbocycles. The monoisotopic (exact) mass is 394 g/mol. The van der Waals surface area contributed by atoms with Crippen molar-refractivity contribution in [2.24, 2.45) is 5.92 Å². The van der Waals surface area contributed by atoms with Gasteiger partial charge in [0.1, 0.15) is 0 Å². The molecule has 0 spiro atoms. The molecular weight excluding hydrogens is 369 g/mol. The molecule has 0 aromatic rings. The number of amides is 2. The largest absolute Gasteiger partial charge is 0.391 e. The lowest BCUT2D eigenvalue weighted by Crippen LogP contribution is -2.54. The molecule has 9 heteroatoms. The van der Waals surface area contributed by atoms with E-state index >= 15 is 0 Å². The first kappa shape index (κ1) is 20.8. The molecule has 0 bridgehead atoms. The fourth-order valence-electron chi connectivity index (χ4n) is 3.44. The molecule has 2 rings (SSSR count). The number of carbonyl (C=O) groups excluding carboxylic acids is 1. The van der Waals surface area contributed by atoms with Gasteiger partial charge in [0.15, 0.2) is 9.84 Å². The molecule has 1 aliphatic heterocycles. The second-order valence-electron chi connectivity index (χ2n) is 7.04. The number of hydrogen-bond acceptors (Lipinski definition) is 3. The quantitative estimate of drug-likeness (QED) is 0.744. The van der Waals surface area contributed by atoms with Gasteiger partial charge in [0.2, 0.25) is 0 Å². The van der Waals surface area contributed by atoms with Crippen LogP contribution in [-0.2, 0) is 9.84 Å². The zero-order valence-electron chi connectivity index (χ0n) is 14.9. The van der Waals surface area contributed by atoms with Crippen molar-refractivity contribution in [1.82, 2.24) is 10.2 Å². The lowest BCUT2D eigenvalue weighted by molar-refractivity contribution is -0.186. The van der Waals surface area contributed by atoms with Crippen LogP contribution in [0.2, 0.25) is 0 Å². The summed E-state index contributed by atoms with van der Waals surface area (Å²) in [6.07, 6.45) is 2.27. The number of piperidine rings is 1. The average Bonchev–Trinajstić information content (AvgIpc) is 3.05. The lowest BCUT2D eigenvalue weighted by Gasteiger charge is -2.41. The Balaban J connectivity index is 2.10. The molecule has 148 valence electrons. The van der Waals surface area contributed by atoms with E-state index in [9.17, 15) is 26.4 Å². The van der Waals surface area contributed by atoms with Crippen LogP contribution < -0.4 is 5.32 Å². The van der Waals surface area contributed by atoms with Crippen molar-refractivity contribution in [2.75, 3.05) is 12.8 Å². The lowest BCUT2D eigenvalue weighted by atomic mass is 9.86. The van der Waals surface area contributed by atoms with Crippen molar-refractivity contribution in [2.45, 2.75) is 57.3 Å². The highest BCUT2D eigenvalue weighted by Crippen LogP contribution is 2.40. The Bertz CT molecular complexity index is 686. The Morgan fingerprint density at radius 2 is 2.12 bits per heavy atom. The van der Waals surface area contributed by atoms with Gasteiger partial charge in [-0.05, 0) is 39.0 Å². The second-order valence-corrected chi connectivity index (χ2v) is 8.97. The summed E-state index contributed by atoms with van der Waals surface area (Å²) in [6.45, 7) is 1.65. The first-order valence-corrected chi connectivity index (χ1v) is 10.6. The predicted molar refractivity (Wildman–Crippen MR) is 93.2 cm³/mol. The van der Waals surface area contributed by atoms with Gasteiger partial charge >= 0.3 is 12.2 Å². The van der Waals surface area contributed by atoms with Crippen molar-refractivity contribution in [3.05, 3.63) is 23.1 Å². The van der Waals surface area contributed by atoms with E-state index in [0.717, 1.165) is 30.1 Å². The van der Waals surface area contributed by atoms with Crippen LogP contribution in [0.4, 0.5) is 18.0 Å². The number of rotatable bonds is 4. The highest BCUT2D eigenvalue weighted by Gasteiger charge is 2.46. The number of hydrogen-bond donors (Lipinski definition) is 1. The van der Waals surface area contributed by atoms with Crippen molar-refractivity contribution < 1.29 is 26.4 Å². The molecular formula is C17H25F3N2O3S. The summed E-state index contributed by atoms with van der Waals surface area (Å²) in [6, 6.07) is -1.56. The number of likely N-dealkylation sites (tertiary alicyclic amines) is 1. The first-order valence-electron chi connectivity index (χ1n) is 8.68. The highest BCUT2D eigenvalue weighted by atomic mass is 32.2. The molecule has 5 nitrogen and oxygen atoms in total. The number of carbonyl (C=O) groups is 1. The van der Waals surface area contributed by atoms with Crippen molar-refractivity contribution in [1.29, 1.82) is 0 Å². The van der Waals surface area contributed by atoms with Gasteiger partial charge in [-0.1, -0.05) is 17.7 Å². The number of nitrogens with zero attached hydrogens (tertiary/aromatic N) is 1. The minimum absolute atomic E-state index is 0.0283. The standard InChI is InChI=1S/C17H25F3N2O3S/c1-12(8-10-26(2,24)25)21-16(23)22-9-7-14(17(18,19)20)11-15(22)13-5-3-4-6-13/h5,8,10,12,14-15H,3-4,6-7,9,11H2,1-2H3,(H,21,23)/b10-8+/t12?,14-,15+/m1/s1. The number of sulfone groups is 1. The third-order valence-electron chi connectivity index (χ3n) is 4.80. The van der Waals surface area contributed by atoms with E-state index in [-0.39, 0.29) is 19.4 Å². The molecule has 0 aromatic heterocycles. The van der Waals surface area contributed by atoms with Crippen LogP contribution >= 0.6 is 0 Å². The van der Waals surface area contributed by atoms with Crippen molar-refractivity contribution >= 4 is 15.9 Å². The van der Waals surface area contributed by atoms with E-state index in [1.54, 1.807) is 6.92 Å². The maximum absolute atomic E-state index is 13.1. The van der Waals surface area contributed by atoms with Gasteiger partial charge in [-0.3, -0.25) is 0 Å². The molecule has 2 amide bonds. The molecule has 0 radical (unpaired) electrons. The molecule has 1 saturated heterocycles. The van der Waals surface area contributed by atoms with Crippen LogP contribution in [0.15, 0.2) is 23.1 Å². The van der Waals surface area contributed by atoms with Crippen LogP contribution in [0.1, 0.15) is 39.0 Å². The number of urea groups is 1. The molecule has 1 unspecified atom stereocenters. The SMILES string of the molecule is CC(/C=C/S(C)(=O)=O)NC(=O)N1CC[C@@H](C(F)(F)F)C[C@H]1C1=CCCC1. The summed E-state index contributed by atoms with van der Waals surface area (Å²) < 4.78 is 61.8. The second kappa shape index (κ2) is 8.02. The zero-order chi connectivity index (χ0) is 19.5. The Labute approximate surface area is 152 Å². The van der Waals surface area contributed by atoms with E-state index < -0.39 is 40.0 Å². The van der Waals surface area contributed by atoms with Gasteiger partial charge in [0.05, 0.1) is 12.0 Å². The van der Waals surface area contributed by atoms with Gasteiger partial charge in [0, 0.05) is 24.3 Å². The highest BCUT2D eigenvalue weighted by molar-refractivity contribution is 7.93. The maximum Gasteiger partial charge on any atom is 0.391 e. The Morgan fingerprint density at radius 3 is 2.65 bits per heavy atom. The van der Waals surface area contributed by atoms with E-state index in [0.29, 0.717) is 6.42 Å². The zero-order valence-corrected chi connectivity index (χ0v) is 15.7. The van der Waals surface area contributed by atoms with E-state index in [1.807, 2.05) is 6.08 Å².